The monoisotopic (exact) mass is 518 g/mol. The lowest BCUT2D eigenvalue weighted by atomic mass is 9.84. The molecule has 3 aliphatic rings. The maximum Gasteiger partial charge on any atom is 0.262 e. The third-order valence-corrected chi connectivity index (χ3v) is 7.91. The summed E-state index contributed by atoms with van der Waals surface area (Å²) in [4.78, 5) is 31.3. The number of nitrogens with zero attached hydrogens (tertiary/aromatic N) is 4. The van der Waals surface area contributed by atoms with Crippen molar-refractivity contribution in [3.63, 3.8) is 0 Å². The van der Waals surface area contributed by atoms with Crippen LogP contribution in [0.25, 0.3) is 0 Å². The Hall–Kier alpha value is -3.23. The van der Waals surface area contributed by atoms with E-state index in [9.17, 15) is 9.59 Å². The van der Waals surface area contributed by atoms with E-state index in [1.165, 1.54) is 5.56 Å². The highest BCUT2D eigenvalue weighted by molar-refractivity contribution is 6.03. The summed E-state index contributed by atoms with van der Waals surface area (Å²) < 4.78 is 10.9. The molecule has 2 aromatic carbocycles. The molecule has 0 unspecified atom stereocenters. The predicted molar refractivity (Wildman–Crippen MR) is 146 cm³/mol. The normalized spacial score (nSPS) is 20.1. The van der Waals surface area contributed by atoms with Gasteiger partial charge in [-0.15, -0.1) is 0 Å². The van der Waals surface area contributed by atoms with Gasteiger partial charge in [-0.3, -0.25) is 14.5 Å². The molecule has 202 valence electrons. The van der Waals surface area contributed by atoms with Crippen LogP contribution in [0.2, 0.25) is 0 Å². The number of morpholine rings is 1. The van der Waals surface area contributed by atoms with E-state index in [0.29, 0.717) is 26.2 Å². The third-order valence-electron chi connectivity index (χ3n) is 7.91. The Balaban J connectivity index is 1.37. The number of carbonyl (C=O) groups is 2. The highest BCUT2D eigenvalue weighted by atomic mass is 16.5. The Bertz CT molecular complexity index is 1160. The Morgan fingerprint density at radius 1 is 1.11 bits per heavy atom. The molecule has 2 fully saturated rings. The minimum Gasteiger partial charge on any atom is -0.497 e. The van der Waals surface area contributed by atoms with Gasteiger partial charge in [-0.2, -0.15) is 5.10 Å². The quantitative estimate of drug-likeness (QED) is 0.507. The number of methoxy groups -OCH3 is 1. The largest absolute Gasteiger partial charge is 0.497 e. The molecule has 0 N–H and O–H groups in total. The number of rotatable bonds is 9. The van der Waals surface area contributed by atoms with E-state index in [1.54, 1.807) is 17.0 Å². The van der Waals surface area contributed by atoms with E-state index >= 15 is 0 Å². The number of benzene rings is 2. The number of hydrogen-bond donors (Lipinski definition) is 0. The summed E-state index contributed by atoms with van der Waals surface area (Å²) in [6.07, 6.45) is 3.51. The van der Waals surface area contributed by atoms with E-state index in [4.69, 9.17) is 14.6 Å². The number of amides is 2. The van der Waals surface area contributed by atoms with Gasteiger partial charge < -0.3 is 14.4 Å². The predicted octanol–water partition coefficient (Wildman–Crippen LogP) is 3.64. The van der Waals surface area contributed by atoms with Crippen molar-refractivity contribution in [1.29, 1.82) is 0 Å². The molecular weight excluding hydrogens is 480 g/mol. The Labute approximate surface area is 225 Å². The lowest BCUT2D eigenvalue weighted by Gasteiger charge is -2.34. The van der Waals surface area contributed by atoms with Gasteiger partial charge in [0, 0.05) is 44.1 Å². The smallest absolute Gasteiger partial charge is 0.262 e. The van der Waals surface area contributed by atoms with Crippen LogP contribution in [0, 0.1) is 12.8 Å². The second-order valence-corrected chi connectivity index (χ2v) is 10.5. The van der Waals surface area contributed by atoms with Gasteiger partial charge in [0.05, 0.1) is 32.1 Å². The van der Waals surface area contributed by atoms with Crippen LogP contribution in [-0.2, 0) is 14.3 Å². The molecule has 0 spiro atoms. The van der Waals surface area contributed by atoms with Crippen LogP contribution < -0.4 is 4.74 Å². The number of carbonyl (C=O) groups excluding carboxylic acids is 2. The van der Waals surface area contributed by atoms with Crippen molar-refractivity contribution in [2.75, 3.05) is 53.0 Å². The number of ether oxygens (including phenoxy) is 2. The molecule has 1 saturated heterocycles. The molecule has 2 heterocycles. The number of hydrogen-bond acceptors (Lipinski definition) is 6. The van der Waals surface area contributed by atoms with Crippen LogP contribution in [0.5, 0.6) is 5.75 Å². The fourth-order valence-corrected chi connectivity index (χ4v) is 5.27. The first-order chi connectivity index (χ1) is 18.5. The highest BCUT2D eigenvalue weighted by Gasteiger charge is 2.36. The van der Waals surface area contributed by atoms with Gasteiger partial charge in [0.25, 0.3) is 5.91 Å². The zero-order chi connectivity index (χ0) is 26.5. The molecule has 2 amide bonds. The van der Waals surface area contributed by atoms with Crippen LogP contribution >= 0.6 is 0 Å². The SMILES string of the molecule is COc1cccc(C2=NN(C(=O)CN(CCN3CCOCC3)C(=O)C3CCC3)[C@H](c3ccc(C)cc3)C2)c1. The topological polar surface area (TPSA) is 74.7 Å². The fraction of sp³-hybridized carbons (Fsp3) is 0.500. The van der Waals surface area contributed by atoms with Crippen molar-refractivity contribution in [2.24, 2.45) is 11.0 Å². The van der Waals surface area contributed by atoms with Crippen LogP contribution in [0.4, 0.5) is 0 Å². The van der Waals surface area contributed by atoms with Crippen molar-refractivity contribution >= 4 is 17.5 Å². The third kappa shape index (κ3) is 6.08. The van der Waals surface area contributed by atoms with Gasteiger partial charge in [0.15, 0.2) is 0 Å². The van der Waals surface area contributed by atoms with Crippen molar-refractivity contribution in [3.8, 4) is 5.75 Å². The molecule has 0 bridgehead atoms. The maximum absolute atomic E-state index is 13.9. The summed E-state index contributed by atoms with van der Waals surface area (Å²) in [7, 11) is 1.64. The molecule has 38 heavy (non-hydrogen) atoms. The molecule has 8 heteroatoms. The van der Waals surface area contributed by atoms with E-state index in [0.717, 1.165) is 61.5 Å². The standard InChI is InChI=1S/C30H38N4O4/c1-22-9-11-23(12-10-22)28-20-27(25-7-4-8-26(19-25)37-2)31-34(28)29(35)21-33(30(36)24-5-3-6-24)14-13-32-15-17-38-18-16-32/h4,7-12,19,24,28H,3,5-6,13-18,20-21H2,1-2H3/t28-/m0/s1. The average Bonchev–Trinajstić information content (AvgIpc) is 3.37. The Morgan fingerprint density at radius 2 is 1.87 bits per heavy atom. The van der Waals surface area contributed by atoms with Gasteiger partial charge >= 0.3 is 0 Å². The van der Waals surface area contributed by atoms with E-state index in [-0.39, 0.29) is 30.3 Å². The molecule has 2 aromatic rings. The molecule has 1 aliphatic carbocycles. The van der Waals surface area contributed by atoms with Crippen molar-refractivity contribution < 1.29 is 19.1 Å². The highest BCUT2D eigenvalue weighted by Crippen LogP contribution is 2.34. The summed E-state index contributed by atoms with van der Waals surface area (Å²) in [6, 6.07) is 15.8. The van der Waals surface area contributed by atoms with Crippen molar-refractivity contribution in [3.05, 3.63) is 65.2 Å². The first-order valence-electron chi connectivity index (χ1n) is 13.7. The van der Waals surface area contributed by atoms with Gasteiger partial charge in [0.2, 0.25) is 5.91 Å². The lowest BCUT2D eigenvalue weighted by Crippen LogP contribution is -2.49. The van der Waals surface area contributed by atoms with Crippen LogP contribution in [0.15, 0.2) is 53.6 Å². The molecular formula is C30H38N4O4. The molecule has 0 radical (unpaired) electrons. The Morgan fingerprint density at radius 3 is 2.55 bits per heavy atom. The van der Waals surface area contributed by atoms with Crippen LogP contribution in [-0.4, -0.2) is 85.4 Å². The van der Waals surface area contributed by atoms with Gasteiger partial charge in [-0.1, -0.05) is 48.4 Å². The molecule has 5 rings (SSSR count). The minimum atomic E-state index is -0.218. The van der Waals surface area contributed by atoms with Gasteiger partial charge in [-0.25, -0.2) is 5.01 Å². The van der Waals surface area contributed by atoms with E-state index in [2.05, 4.69) is 36.1 Å². The lowest BCUT2D eigenvalue weighted by molar-refractivity contribution is -0.145. The summed E-state index contributed by atoms with van der Waals surface area (Å²) in [6.45, 7) is 6.51. The first-order valence-corrected chi connectivity index (χ1v) is 13.7. The van der Waals surface area contributed by atoms with E-state index in [1.807, 2.05) is 24.3 Å². The molecule has 1 saturated carbocycles. The average molecular weight is 519 g/mol. The van der Waals surface area contributed by atoms with Crippen molar-refractivity contribution in [2.45, 2.75) is 38.6 Å². The summed E-state index contributed by atoms with van der Waals surface area (Å²) in [5.74, 6) is 0.737. The summed E-state index contributed by atoms with van der Waals surface area (Å²) >= 11 is 0. The van der Waals surface area contributed by atoms with Gasteiger partial charge in [0.1, 0.15) is 12.3 Å². The zero-order valence-electron chi connectivity index (χ0n) is 22.5. The summed E-state index contributed by atoms with van der Waals surface area (Å²) in [5.41, 5.74) is 3.98. The number of aryl methyl sites for hydroxylation is 1. The first kappa shape index (κ1) is 26.4. The number of hydrazone groups is 1. The van der Waals surface area contributed by atoms with Crippen LogP contribution in [0.3, 0.4) is 0 Å². The van der Waals surface area contributed by atoms with E-state index < -0.39 is 0 Å². The van der Waals surface area contributed by atoms with Crippen molar-refractivity contribution in [1.82, 2.24) is 14.8 Å². The van der Waals surface area contributed by atoms with Crippen LogP contribution in [0.1, 0.15) is 48.4 Å². The molecule has 8 nitrogen and oxygen atoms in total. The zero-order valence-corrected chi connectivity index (χ0v) is 22.5. The maximum atomic E-state index is 13.9. The Kier molecular flexibility index (Phi) is 8.39. The molecule has 1 atom stereocenters. The van der Waals surface area contributed by atoms with Gasteiger partial charge in [-0.05, 0) is 37.5 Å². The fourth-order valence-electron chi connectivity index (χ4n) is 5.27. The molecule has 2 aliphatic heterocycles. The summed E-state index contributed by atoms with van der Waals surface area (Å²) in [5, 5.41) is 6.44. The minimum absolute atomic E-state index is 0.0369. The second-order valence-electron chi connectivity index (χ2n) is 10.5. The molecule has 0 aromatic heterocycles. The second kappa shape index (κ2) is 12.1.